The number of hydrogen-bond acceptors (Lipinski definition) is 1. The molecule has 1 N–H and O–H groups in total. The third kappa shape index (κ3) is 4.49. The van der Waals surface area contributed by atoms with Crippen molar-refractivity contribution in [1.82, 2.24) is 5.32 Å². The van der Waals surface area contributed by atoms with E-state index in [0.29, 0.717) is 5.02 Å². The summed E-state index contributed by atoms with van der Waals surface area (Å²) in [6.07, 6.45) is 5.32. The molecule has 16 heavy (non-hydrogen) atoms. The van der Waals surface area contributed by atoms with E-state index in [4.69, 9.17) is 11.6 Å². The van der Waals surface area contributed by atoms with Crippen molar-refractivity contribution in [1.29, 1.82) is 0 Å². The lowest BCUT2D eigenvalue weighted by atomic mass is 10.2. The first-order chi connectivity index (χ1) is 7.74. The molecular formula is C13H16ClNO. The Morgan fingerprint density at radius 1 is 1.44 bits per heavy atom. The van der Waals surface area contributed by atoms with Gasteiger partial charge in [-0.1, -0.05) is 43.1 Å². The highest BCUT2D eigenvalue weighted by Gasteiger charge is 1.96. The van der Waals surface area contributed by atoms with Gasteiger partial charge in [0.1, 0.15) is 0 Å². The molecule has 0 bridgehead atoms. The second-order valence-electron chi connectivity index (χ2n) is 3.50. The first kappa shape index (κ1) is 12.8. The van der Waals surface area contributed by atoms with Crippen LogP contribution in [0.25, 0.3) is 6.08 Å². The predicted molar refractivity (Wildman–Crippen MR) is 68.4 cm³/mol. The van der Waals surface area contributed by atoms with Crippen LogP contribution in [0.5, 0.6) is 0 Å². The van der Waals surface area contributed by atoms with E-state index >= 15 is 0 Å². The van der Waals surface area contributed by atoms with Crippen LogP contribution in [0.3, 0.4) is 0 Å². The van der Waals surface area contributed by atoms with Crippen molar-refractivity contribution in [3.63, 3.8) is 0 Å². The van der Waals surface area contributed by atoms with E-state index in [-0.39, 0.29) is 5.91 Å². The van der Waals surface area contributed by atoms with Gasteiger partial charge in [0.25, 0.3) is 0 Å². The summed E-state index contributed by atoms with van der Waals surface area (Å²) in [4.78, 5) is 11.4. The molecule has 0 heterocycles. The number of nitrogens with one attached hydrogen (secondary N) is 1. The molecule has 0 fully saturated rings. The molecule has 1 rings (SSSR count). The molecule has 0 aliphatic carbocycles. The Morgan fingerprint density at radius 3 is 2.88 bits per heavy atom. The summed E-state index contributed by atoms with van der Waals surface area (Å²) in [5.74, 6) is -0.0756. The van der Waals surface area contributed by atoms with Crippen LogP contribution in [0.4, 0.5) is 0 Å². The third-order valence-electron chi connectivity index (χ3n) is 2.15. The zero-order valence-electron chi connectivity index (χ0n) is 9.37. The third-order valence-corrected chi connectivity index (χ3v) is 2.49. The monoisotopic (exact) mass is 237 g/mol. The second-order valence-corrected chi connectivity index (χ2v) is 3.91. The Bertz CT molecular complexity index is 374. The van der Waals surface area contributed by atoms with Gasteiger partial charge in [0, 0.05) is 17.6 Å². The molecule has 0 atom stereocenters. The Balaban J connectivity index is 2.47. The number of amides is 1. The number of unbranched alkanes of at least 4 members (excludes halogenated alkanes) is 1. The quantitative estimate of drug-likeness (QED) is 0.618. The molecule has 0 radical (unpaired) electrons. The minimum Gasteiger partial charge on any atom is -0.353 e. The average Bonchev–Trinajstić information content (AvgIpc) is 2.28. The largest absolute Gasteiger partial charge is 0.353 e. The molecular weight excluding hydrogens is 222 g/mol. The molecule has 0 aromatic heterocycles. The van der Waals surface area contributed by atoms with E-state index in [0.717, 1.165) is 24.9 Å². The van der Waals surface area contributed by atoms with Crippen molar-refractivity contribution in [3.05, 3.63) is 40.9 Å². The van der Waals surface area contributed by atoms with Crippen LogP contribution in [0, 0.1) is 0 Å². The van der Waals surface area contributed by atoms with Crippen molar-refractivity contribution < 1.29 is 4.79 Å². The summed E-state index contributed by atoms with van der Waals surface area (Å²) in [6, 6.07) is 7.43. The molecule has 0 saturated carbocycles. The highest BCUT2D eigenvalue weighted by molar-refractivity contribution is 6.32. The van der Waals surface area contributed by atoms with Crippen LogP contribution in [0.2, 0.25) is 5.02 Å². The van der Waals surface area contributed by atoms with Crippen LogP contribution in [-0.2, 0) is 4.79 Å². The molecule has 1 aromatic carbocycles. The SMILES string of the molecule is CCCCNC(=O)/C=C/c1ccccc1Cl. The number of hydrogen-bond donors (Lipinski definition) is 1. The maximum atomic E-state index is 11.4. The van der Waals surface area contributed by atoms with Crippen molar-refractivity contribution >= 4 is 23.6 Å². The van der Waals surface area contributed by atoms with Gasteiger partial charge >= 0.3 is 0 Å². The molecule has 86 valence electrons. The average molecular weight is 238 g/mol. The lowest BCUT2D eigenvalue weighted by Crippen LogP contribution is -2.21. The highest BCUT2D eigenvalue weighted by atomic mass is 35.5. The van der Waals surface area contributed by atoms with Crippen molar-refractivity contribution in [2.45, 2.75) is 19.8 Å². The van der Waals surface area contributed by atoms with Crippen LogP contribution < -0.4 is 5.32 Å². The van der Waals surface area contributed by atoms with Crippen LogP contribution in [-0.4, -0.2) is 12.5 Å². The van der Waals surface area contributed by atoms with E-state index in [1.807, 2.05) is 18.2 Å². The van der Waals surface area contributed by atoms with E-state index in [2.05, 4.69) is 12.2 Å². The smallest absolute Gasteiger partial charge is 0.243 e. The fourth-order valence-electron chi connectivity index (χ4n) is 1.22. The fraction of sp³-hybridized carbons (Fsp3) is 0.308. The predicted octanol–water partition coefficient (Wildman–Crippen LogP) is 3.27. The summed E-state index contributed by atoms with van der Waals surface area (Å²) < 4.78 is 0. The molecule has 0 aliphatic heterocycles. The highest BCUT2D eigenvalue weighted by Crippen LogP contribution is 2.15. The summed E-state index contributed by atoms with van der Waals surface area (Å²) in [7, 11) is 0. The lowest BCUT2D eigenvalue weighted by Gasteiger charge is -2.00. The van der Waals surface area contributed by atoms with Crippen LogP contribution in [0.1, 0.15) is 25.3 Å². The maximum Gasteiger partial charge on any atom is 0.243 e. The Kier molecular flexibility index (Phi) is 5.65. The molecule has 0 saturated heterocycles. The summed E-state index contributed by atoms with van der Waals surface area (Å²) >= 11 is 5.95. The number of carbonyl (C=O) groups excluding carboxylic acids is 1. The topological polar surface area (TPSA) is 29.1 Å². The van der Waals surface area contributed by atoms with Gasteiger partial charge in [-0.05, 0) is 24.1 Å². The summed E-state index contributed by atoms with van der Waals surface area (Å²) in [5.41, 5.74) is 0.856. The zero-order chi connectivity index (χ0) is 11.8. The zero-order valence-corrected chi connectivity index (χ0v) is 10.1. The second kappa shape index (κ2) is 7.07. The lowest BCUT2D eigenvalue weighted by molar-refractivity contribution is -0.116. The first-order valence-electron chi connectivity index (χ1n) is 5.44. The van der Waals surface area contributed by atoms with Gasteiger partial charge < -0.3 is 5.32 Å². The van der Waals surface area contributed by atoms with Crippen molar-refractivity contribution in [2.24, 2.45) is 0 Å². The molecule has 0 unspecified atom stereocenters. The number of benzene rings is 1. The van der Waals surface area contributed by atoms with Gasteiger partial charge in [-0.2, -0.15) is 0 Å². The molecule has 2 nitrogen and oxygen atoms in total. The van der Waals surface area contributed by atoms with E-state index in [9.17, 15) is 4.79 Å². The number of rotatable bonds is 5. The molecule has 1 amide bonds. The number of halogens is 1. The first-order valence-corrected chi connectivity index (χ1v) is 5.82. The van der Waals surface area contributed by atoms with Crippen LogP contribution >= 0.6 is 11.6 Å². The van der Waals surface area contributed by atoms with Gasteiger partial charge in [0.05, 0.1) is 0 Å². The minimum absolute atomic E-state index is 0.0756. The van der Waals surface area contributed by atoms with Crippen molar-refractivity contribution in [3.8, 4) is 0 Å². The van der Waals surface area contributed by atoms with Crippen molar-refractivity contribution in [2.75, 3.05) is 6.54 Å². The van der Waals surface area contributed by atoms with E-state index in [1.54, 1.807) is 12.1 Å². The number of carbonyl (C=O) groups is 1. The minimum atomic E-state index is -0.0756. The Morgan fingerprint density at radius 2 is 2.19 bits per heavy atom. The Hall–Kier alpha value is -1.28. The summed E-state index contributed by atoms with van der Waals surface area (Å²) in [6.45, 7) is 2.81. The van der Waals surface area contributed by atoms with Gasteiger partial charge in [0.15, 0.2) is 0 Å². The normalized spacial score (nSPS) is 10.6. The summed E-state index contributed by atoms with van der Waals surface area (Å²) in [5, 5.41) is 3.46. The molecule has 3 heteroatoms. The molecule has 1 aromatic rings. The fourth-order valence-corrected chi connectivity index (χ4v) is 1.42. The Labute approximate surface area is 101 Å². The standard InChI is InChI=1S/C13H16ClNO/c1-2-3-10-15-13(16)9-8-11-6-4-5-7-12(11)14/h4-9H,2-3,10H2,1H3,(H,15,16)/b9-8+. The van der Waals surface area contributed by atoms with Gasteiger partial charge in [-0.3, -0.25) is 4.79 Å². The maximum absolute atomic E-state index is 11.4. The van der Waals surface area contributed by atoms with Gasteiger partial charge in [-0.25, -0.2) is 0 Å². The van der Waals surface area contributed by atoms with E-state index < -0.39 is 0 Å². The van der Waals surface area contributed by atoms with Crippen LogP contribution in [0.15, 0.2) is 30.3 Å². The van der Waals surface area contributed by atoms with E-state index in [1.165, 1.54) is 6.08 Å². The van der Waals surface area contributed by atoms with Gasteiger partial charge in [-0.15, -0.1) is 0 Å². The molecule has 0 spiro atoms. The molecule has 0 aliphatic rings. The van der Waals surface area contributed by atoms with Gasteiger partial charge in [0.2, 0.25) is 5.91 Å².